The zero-order chi connectivity index (χ0) is 10.2. The molecule has 0 spiro atoms. The topological polar surface area (TPSA) is 41.1 Å². The summed E-state index contributed by atoms with van der Waals surface area (Å²) >= 11 is 4.42. The van der Waals surface area contributed by atoms with Crippen molar-refractivity contribution in [3.63, 3.8) is 0 Å². The molecular formula is C10H12N2OS. The van der Waals surface area contributed by atoms with E-state index in [1.54, 1.807) is 6.92 Å². The van der Waals surface area contributed by atoms with Crippen molar-refractivity contribution in [3.8, 4) is 0 Å². The molecule has 0 bridgehead atoms. The Bertz CT molecular complexity index is 353. The minimum atomic E-state index is -0.629. The lowest BCUT2D eigenvalue weighted by Gasteiger charge is -2.23. The number of rotatable bonds is 2. The Hall–Kier alpha value is -1.16. The second kappa shape index (κ2) is 3.20. The first-order chi connectivity index (χ1) is 6.59. The van der Waals surface area contributed by atoms with Crippen molar-refractivity contribution in [2.75, 3.05) is 10.6 Å². The molecule has 0 unspecified atom stereocenters. The fourth-order valence-corrected chi connectivity index (χ4v) is 2.09. The lowest BCUT2D eigenvalue weighted by molar-refractivity contribution is -0.117. The highest BCUT2D eigenvalue weighted by Gasteiger charge is 2.33. The molecular weight excluding hydrogens is 196 g/mol. The number of hydrogen-bond donors (Lipinski definition) is 3. The summed E-state index contributed by atoms with van der Waals surface area (Å²) in [7, 11) is 0. The minimum absolute atomic E-state index is 0.104. The molecule has 1 heterocycles. The number of anilines is 2. The standard InChI is InChI=1S/C10H12N2OS/c1-7(13)6-10(14)11-8-4-2-3-5-9(8)12-10/h2-5,11-12,14H,6H2,1H3. The molecule has 1 aromatic rings. The predicted octanol–water partition coefficient (Wildman–Crippen LogP) is 2.09. The van der Waals surface area contributed by atoms with Crippen molar-refractivity contribution in [3.05, 3.63) is 24.3 Å². The summed E-state index contributed by atoms with van der Waals surface area (Å²) in [5.74, 6) is 0.104. The van der Waals surface area contributed by atoms with Crippen LogP contribution in [-0.2, 0) is 4.79 Å². The number of ketones is 1. The molecule has 0 aliphatic carbocycles. The zero-order valence-electron chi connectivity index (χ0n) is 7.87. The molecule has 3 nitrogen and oxygen atoms in total. The van der Waals surface area contributed by atoms with Crippen LogP contribution in [-0.4, -0.2) is 10.8 Å². The van der Waals surface area contributed by atoms with Gasteiger partial charge in [0.2, 0.25) is 0 Å². The Morgan fingerprint density at radius 3 is 2.29 bits per heavy atom. The Morgan fingerprint density at radius 1 is 1.36 bits per heavy atom. The lowest BCUT2D eigenvalue weighted by atomic mass is 10.2. The molecule has 0 amide bonds. The van der Waals surface area contributed by atoms with Crippen LogP contribution in [0.3, 0.4) is 0 Å². The van der Waals surface area contributed by atoms with Gasteiger partial charge in [-0.1, -0.05) is 12.1 Å². The lowest BCUT2D eigenvalue weighted by Crippen LogP contribution is -2.37. The van der Waals surface area contributed by atoms with Crippen LogP contribution in [0.4, 0.5) is 11.4 Å². The van der Waals surface area contributed by atoms with Gasteiger partial charge in [0.1, 0.15) is 5.78 Å². The molecule has 0 radical (unpaired) electrons. The number of carbonyl (C=O) groups excluding carboxylic acids is 1. The van der Waals surface area contributed by atoms with Gasteiger partial charge in [-0.05, 0) is 19.1 Å². The zero-order valence-corrected chi connectivity index (χ0v) is 8.77. The fraction of sp³-hybridized carbons (Fsp3) is 0.300. The molecule has 0 saturated carbocycles. The molecule has 0 atom stereocenters. The number of nitrogens with one attached hydrogen (secondary N) is 2. The maximum atomic E-state index is 11.0. The van der Waals surface area contributed by atoms with E-state index in [4.69, 9.17) is 0 Å². The summed E-state index contributed by atoms with van der Waals surface area (Å²) in [6.45, 7) is 1.56. The van der Waals surface area contributed by atoms with E-state index in [1.807, 2.05) is 24.3 Å². The van der Waals surface area contributed by atoms with Gasteiger partial charge in [-0.25, -0.2) is 0 Å². The average Bonchev–Trinajstić information content (AvgIpc) is 2.38. The van der Waals surface area contributed by atoms with Crippen LogP contribution in [0.25, 0.3) is 0 Å². The molecule has 1 aromatic carbocycles. The Kier molecular flexibility index (Phi) is 2.15. The van der Waals surface area contributed by atoms with E-state index in [9.17, 15) is 4.79 Å². The van der Waals surface area contributed by atoms with Crippen molar-refractivity contribution in [2.24, 2.45) is 0 Å². The van der Waals surface area contributed by atoms with Crippen molar-refractivity contribution < 1.29 is 4.79 Å². The molecule has 2 N–H and O–H groups in total. The van der Waals surface area contributed by atoms with Crippen LogP contribution in [0.2, 0.25) is 0 Å². The molecule has 1 aliphatic heterocycles. The summed E-state index contributed by atoms with van der Waals surface area (Å²) in [6.07, 6.45) is 0.352. The van der Waals surface area contributed by atoms with E-state index < -0.39 is 4.99 Å². The van der Waals surface area contributed by atoms with Crippen LogP contribution < -0.4 is 10.6 Å². The SMILES string of the molecule is CC(=O)CC1(S)Nc2ccccc2N1. The van der Waals surface area contributed by atoms with E-state index in [0.29, 0.717) is 6.42 Å². The first kappa shape index (κ1) is 9.40. The van der Waals surface area contributed by atoms with Crippen LogP contribution in [0.5, 0.6) is 0 Å². The van der Waals surface area contributed by atoms with Crippen molar-refractivity contribution in [2.45, 2.75) is 18.3 Å². The van der Waals surface area contributed by atoms with Crippen LogP contribution in [0, 0.1) is 0 Å². The van der Waals surface area contributed by atoms with Crippen LogP contribution in [0.1, 0.15) is 13.3 Å². The highest BCUT2D eigenvalue weighted by Crippen LogP contribution is 2.37. The molecule has 4 heteroatoms. The van der Waals surface area contributed by atoms with Gasteiger partial charge in [-0.3, -0.25) is 4.79 Å². The molecule has 2 rings (SSSR count). The average molecular weight is 208 g/mol. The van der Waals surface area contributed by atoms with Gasteiger partial charge in [-0.2, -0.15) is 0 Å². The molecule has 74 valence electrons. The molecule has 1 aliphatic rings. The number of carbonyl (C=O) groups is 1. The summed E-state index contributed by atoms with van der Waals surface area (Å²) < 4.78 is 0. The summed E-state index contributed by atoms with van der Waals surface area (Å²) in [5.41, 5.74) is 1.98. The summed E-state index contributed by atoms with van der Waals surface area (Å²) in [4.78, 5) is 10.4. The van der Waals surface area contributed by atoms with Gasteiger partial charge in [0.15, 0.2) is 4.99 Å². The first-order valence-electron chi connectivity index (χ1n) is 4.46. The normalized spacial score (nSPS) is 16.7. The summed E-state index contributed by atoms with van der Waals surface area (Å²) in [6, 6.07) is 7.81. The number of benzene rings is 1. The monoisotopic (exact) mass is 208 g/mol. The first-order valence-corrected chi connectivity index (χ1v) is 4.91. The van der Waals surface area contributed by atoms with Crippen molar-refractivity contribution in [1.82, 2.24) is 0 Å². The molecule has 0 aromatic heterocycles. The minimum Gasteiger partial charge on any atom is -0.352 e. The highest BCUT2D eigenvalue weighted by atomic mass is 32.1. The largest absolute Gasteiger partial charge is 0.352 e. The van der Waals surface area contributed by atoms with Gasteiger partial charge >= 0.3 is 0 Å². The number of fused-ring (bicyclic) bond motifs is 1. The highest BCUT2D eigenvalue weighted by molar-refractivity contribution is 7.82. The van der Waals surface area contributed by atoms with E-state index in [-0.39, 0.29) is 5.78 Å². The van der Waals surface area contributed by atoms with E-state index >= 15 is 0 Å². The third-order valence-corrected chi connectivity index (χ3v) is 2.50. The van der Waals surface area contributed by atoms with Crippen LogP contribution in [0.15, 0.2) is 24.3 Å². The number of para-hydroxylation sites is 2. The van der Waals surface area contributed by atoms with Crippen LogP contribution >= 0.6 is 12.6 Å². The fourth-order valence-electron chi connectivity index (χ4n) is 1.63. The number of thiol groups is 1. The van der Waals surface area contributed by atoms with E-state index in [0.717, 1.165) is 11.4 Å². The van der Waals surface area contributed by atoms with Crippen molar-refractivity contribution in [1.29, 1.82) is 0 Å². The molecule has 0 fully saturated rings. The van der Waals surface area contributed by atoms with Gasteiger partial charge in [0, 0.05) is 0 Å². The van der Waals surface area contributed by atoms with E-state index in [2.05, 4.69) is 23.3 Å². The van der Waals surface area contributed by atoms with Gasteiger partial charge in [-0.15, -0.1) is 12.6 Å². The molecule has 0 saturated heterocycles. The van der Waals surface area contributed by atoms with Gasteiger partial charge in [0.05, 0.1) is 17.8 Å². The third kappa shape index (κ3) is 1.70. The Morgan fingerprint density at radius 2 is 1.86 bits per heavy atom. The second-order valence-electron chi connectivity index (χ2n) is 3.53. The Labute approximate surface area is 88.3 Å². The van der Waals surface area contributed by atoms with Gasteiger partial charge in [0.25, 0.3) is 0 Å². The number of Topliss-reactive ketones (excluding diaryl/α,β-unsaturated/α-hetero) is 1. The summed E-state index contributed by atoms with van der Waals surface area (Å²) in [5, 5.41) is 6.35. The molecule has 14 heavy (non-hydrogen) atoms. The predicted molar refractivity (Wildman–Crippen MR) is 60.7 cm³/mol. The maximum Gasteiger partial charge on any atom is 0.161 e. The van der Waals surface area contributed by atoms with Crippen molar-refractivity contribution >= 4 is 29.8 Å². The second-order valence-corrected chi connectivity index (χ2v) is 4.30. The maximum absolute atomic E-state index is 11.0. The Balaban J connectivity index is 2.21. The van der Waals surface area contributed by atoms with Gasteiger partial charge < -0.3 is 10.6 Å². The number of hydrogen-bond acceptors (Lipinski definition) is 4. The smallest absolute Gasteiger partial charge is 0.161 e. The quantitative estimate of drug-likeness (QED) is 0.652. The third-order valence-electron chi connectivity index (χ3n) is 2.11. The van der Waals surface area contributed by atoms with E-state index in [1.165, 1.54) is 0 Å².